The lowest BCUT2D eigenvalue weighted by atomic mass is 9.82. The molecule has 0 unspecified atom stereocenters. The average Bonchev–Trinajstić information content (AvgIpc) is 2.40. The van der Waals surface area contributed by atoms with Crippen molar-refractivity contribution < 1.29 is 9.90 Å². The number of carboxylic acid groups (broad SMARTS) is 1. The summed E-state index contributed by atoms with van der Waals surface area (Å²) in [5.41, 5.74) is 0.242. The van der Waals surface area contributed by atoms with Crippen LogP contribution in [0.4, 0.5) is 5.69 Å². The van der Waals surface area contributed by atoms with E-state index in [9.17, 15) is 9.90 Å². The molecule has 1 aromatic rings. The molecule has 0 aliphatic carbocycles. The lowest BCUT2D eigenvalue weighted by Gasteiger charge is -2.27. The summed E-state index contributed by atoms with van der Waals surface area (Å²) in [5, 5.41) is 21.3. The van der Waals surface area contributed by atoms with Gasteiger partial charge in [-0.2, -0.15) is 5.26 Å². The van der Waals surface area contributed by atoms with Crippen LogP contribution in [0.1, 0.15) is 32.3 Å². The molecule has 1 aromatic heterocycles. The van der Waals surface area contributed by atoms with Gasteiger partial charge in [0, 0.05) is 12.7 Å². The zero-order chi connectivity index (χ0) is 13.6. The van der Waals surface area contributed by atoms with Gasteiger partial charge in [0.1, 0.15) is 6.07 Å². The number of nitrogens with one attached hydrogen (secondary N) is 1. The molecule has 1 heterocycles. The Morgan fingerprint density at radius 2 is 2.22 bits per heavy atom. The predicted molar refractivity (Wildman–Crippen MR) is 68.1 cm³/mol. The molecular formula is C13H17N3O2. The Labute approximate surface area is 106 Å². The highest BCUT2D eigenvalue weighted by Crippen LogP contribution is 2.27. The minimum Gasteiger partial charge on any atom is -0.481 e. The van der Waals surface area contributed by atoms with Gasteiger partial charge in [0.25, 0.3) is 0 Å². The summed E-state index contributed by atoms with van der Waals surface area (Å²) in [7, 11) is 0. The molecule has 0 aliphatic rings. The molecule has 18 heavy (non-hydrogen) atoms. The number of nitriles is 1. The van der Waals surface area contributed by atoms with Crippen LogP contribution in [0.25, 0.3) is 0 Å². The molecule has 0 spiro atoms. The van der Waals surface area contributed by atoms with Crippen molar-refractivity contribution >= 4 is 11.7 Å². The van der Waals surface area contributed by atoms with E-state index < -0.39 is 11.4 Å². The Morgan fingerprint density at radius 1 is 1.56 bits per heavy atom. The summed E-state index contributed by atoms with van der Waals surface area (Å²) >= 11 is 0. The van der Waals surface area contributed by atoms with Gasteiger partial charge in [-0.3, -0.25) is 9.78 Å². The number of rotatable bonds is 6. The second-order valence-corrected chi connectivity index (χ2v) is 4.18. The Balaban J connectivity index is 2.86. The monoisotopic (exact) mass is 247 g/mol. The number of pyridine rings is 1. The maximum Gasteiger partial charge on any atom is 0.311 e. The van der Waals surface area contributed by atoms with Crippen LogP contribution in [0.3, 0.4) is 0 Å². The van der Waals surface area contributed by atoms with Crippen molar-refractivity contribution in [3.05, 3.63) is 24.0 Å². The van der Waals surface area contributed by atoms with E-state index in [1.165, 1.54) is 12.4 Å². The molecule has 96 valence electrons. The van der Waals surface area contributed by atoms with E-state index in [1.807, 2.05) is 19.9 Å². The van der Waals surface area contributed by atoms with Crippen molar-refractivity contribution in [1.82, 2.24) is 4.98 Å². The van der Waals surface area contributed by atoms with E-state index in [0.717, 1.165) is 0 Å². The molecule has 1 rings (SSSR count). The number of nitrogens with zero attached hydrogens (tertiary/aromatic N) is 2. The van der Waals surface area contributed by atoms with Crippen molar-refractivity contribution in [3.8, 4) is 6.07 Å². The second kappa shape index (κ2) is 6.01. The zero-order valence-electron chi connectivity index (χ0n) is 10.6. The molecule has 0 bridgehead atoms. The summed E-state index contributed by atoms with van der Waals surface area (Å²) in [4.78, 5) is 15.3. The Kier molecular flexibility index (Phi) is 4.67. The Hall–Kier alpha value is -2.09. The van der Waals surface area contributed by atoms with Crippen LogP contribution in [0, 0.1) is 16.7 Å². The predicted octanol–water partition coefficient (Wildman–Crippen LogP) is 2.26. The number of hydrogen-bond acceptors (Lipinski definition) is 4. The van der Waals surface area contributed by atoms with Crippen LogP contribution in [0.2, 0.25) is 0 Å². The third-order valence-corrected chi connectivity index (χ3v) is 3.37. The minimum atomic E-state index is -0.817. The van der Waals surface area contributed by atoms with Crippen LogP contribution in [0.5, 0.6) is 0 Å². The van der Waals surface area contributed by atoms with Crippen molar-refractivity contribution in [2.24, 2.45) is 5.41 Å². The van der Waals surface area contributed by atoms with E-state index in [0.29, 0.717) is 24.1 Å². The highest BCUT2D eigenvalue weighted by atomic mass is 16.4. The maximum atomic E-state index is 11.3. The number of carbonyl (C=O) groups is 1. The molecule has 0 aromatic carbocycles. The number of aromatic nitrogens is 1. The lowest BCUT2D eigenvalue weighted by Crippen LogP contribution is -2.37. The topological polar surface area (TPSA) is 86.0 Å². The smallest absolute Gasteiger partial charge is 0.311 e. The lowest BCUT2D eigenvalue weighted by molar-refractivity contribution is -0.148. The van der Waals surface area contributed by atoms with E-state index in [4.69, 9.17) is 5.26 Å². The fraction of sp³-hybridized carbons (Fsp3) is 0.462. The van der Waals surface area contributed by atoms with Gasteiger partial charge in [-0.25, -0.2) is 0 Å². The normalized spacial score (nSPS) is 10.7. The quantitative estimate of drug-likeness (QED) is 0.805. The van der Waals surface area contributed by atoms with E-state index in [2.05, 4.69) is 10.3 Å². The van der Waals surface area contributed by atoms with E-state index in [-0.39, 0.29) is 6.54 Å². The summed E-state index contributed by atoms with van der Waals surface area (Å²) < 4.78 is 0. The van der Waals surface area contributed by atoms with Gasteiger partial charge in [0.15, 0.2) is 0 Å². The molecule has 0 amide bonds. The van der Waals surface area contributed by atoms with Crippen LogP contribution < -0.4 is 5.32 Å². The van der Waals surface area contributed by atoms with Crippen molar-refractivity contribution in [2.45, 2.75) is 26.7 Å². The Morgan fingerprint density at radius 3 is 2.72 bits per heavy atom. The van der Waals surface area contributed by atoms with Gasteiger partial charge >= 0.3 is 5.97 Å². The van der Waals surface area contributed by atoms with Crippen molar-refractivity contribution in [2.75, 3.05) is 11.9 Å². The molecule has 0 aliphatic heterocycles. The molecule has 2 N–H and O–H groups in total. The first-order valence-corrected chi connectivity index (χ1v) is 5.91. The van der Waals surface area contributed by atoms with E-state index >= 15 is 0 Å². The van der Waals surface area contributed by atoms with Gasteiger partial charge in [0.05, 0.1) is 22.9 Å². The molecular weight excluding hydrogens is 230 g/mol. The average molecular weight is 247 g/mol. The van der Waals surface area contributed by atoms with Crippen molar-refractivity contribution in [1.29, 1.82) is 5.26 Å². The third kappa shape index (κ3) is 2.77. The summed E-state index contributed by atoms with van der Waals surface area (Å²) in [6.45, 7) is 4.00. The summed E-state index contributed by atoms with van der Waals surface area (Å²) in [6.07, 6.45) is 4.15. The fourth-order valence-corrected chi connectivity index (χ4v) is 1.78. The summed E-state index contributed by atoms with van der Waals surface area (Å²) in [6, 6.07) is 3.65. The molecule has 0 radical (unpaired) electrons. The van der Waals surface area contributed by atoms with Crippen LogP contribution in [0.15, 0.2) is 18.5 Å². The van der Waals surface area contributed by atoms with Crippen LogP contribution in [-0.4, -0.2) is 22.6 Å². The first-order chi connectivity index (χ1) is 8.59. The molecule has 0 fully saturated rings. The second-order valence-electron chi connectivity index (χ2n) is 4.18. The molecule has 5 nitrogen and oxygen atoms in total. The van der Waals surface area contributed by atoms with Gasteiger partial charge in [-0.15, -0.1) is 0 Å². The van der Waals surface area contributed by atoms with Crippen LogP contribution in [-0.2, 0) is 4.79 Å². The van der Waals surface area contributed by atoms with Gasteiger partial charge in [-0.1, -0.05) is 13.8 Å². The SMILES string of the molecule is CCC(CC)(CNc1cnccc1C#N)C(=O)O. The largest absolute Gasteiger partial charge is 0.481 e. The first-order valence-electron chi connectivity index (χ1n) is 5.91. The highest BCUT2D eigenvalue weighted by Gasteiger charge is 2.34. The standard InChI is InChI=1S/C13H17N3O2/c1-3-13(4-2,12(17)18)9-16-11-8-15-6-5-10(11)7-14/h5-6,8,16H,3-4,9H2,1-2H3,(H,17,18). The molecule has 0 saturated heterocycles. The van der Waals surface area contributed by atoms with E-state index in [1.54, 1.807) is 6.07 Å². The van der Waals surface area contributed by atoms with Gasteiger partial charge < -0.3 is 10.4 Å². The number of aliphatic carboxylic acids is 1. The first kappa shape index (κ1) is 14.0. The molecule has 5 heteroatoms. The summed E-state index contributed by atoms with van der Waals surface area (Å²) in [5.74, 6) is -0.817. The third-order valence-electron chi connectivity index (χ3n) is 3.37. The number of hydrogen-bond donors (Lipinski definition) is 2. The van der Waals surface area contributed by atoms with Gasteiger partial charge in [0.2, 0.25) is 0 Å². The number of carboxylic acids is 1. The van der Waals surface area contributed by atoms with Crippen LogP contribution >= 0.6 is 0 Å². The molecule has 0 atom stereocenters. The fourth-order valence-electron chi connectivity index (χ4n) is 1.78. The van der Waals surface area contributed by atoms with Crippen molar-refractivity contribution in [3.63, 3.8) is 0 Å². The highest BCUT2D eigenvalue weighted by molar-refractivity contribution is 5.75. The zero-order valence-corrected chi connectivity index (χ0v) is 10.6. The Bertz CT molecular complexity index is 462. The van der Waals surface area contributed by atoms with Gasteiger partial charge in [-0.05, 0) is 18.9 Å². The maximum absolute atomic E-state index is 11.3. The molecule has 0 saturated carbocycles. The number of anilines is 1. The minimum absolute atomic E-state index is 0.287.